The Balaban J connectivity index is 1.39. The number of rotatable bonds is 5. The van der Waals surface area contributed by atoms with Crippen molar-refractivity contribution in [2.45, 2.75) is 24.8 Å². The second-order valence-electron chi connectivity index (χ2n) is 7.29. The van der Waals surface area contributed by atoms with E-state index in [2.05, 4.69) is 4.72 Å². The van der Waals surface area contributed by atoms with Gasteiger partial charge >= 0.3 is 0 Å². The second kappa shape index (κ2) is 7.00. The van der Waals surface area contributed by atoms with Gasteiger partial charge < -0.3 is 4.90 Å². The van der Waals surface area contributed by atoms with Crippen LogP contribution < -0.4 is 4.72 Å². The summed E-state index contributed by atoms with van der Waals surface area (Å²) in [5.74, 6) is -0.00602. The number of amides is 1. The van der Waals surface area contributed by atoms with Crippen molar-refractivity contribution in [3.63, 3.8) is 0 Å². The minimum atomic E-state index is -3.26. The molecule has 0 spiro atoms. The lowest BCUT2D eigenvalue weighted by Crippen LogP contribution is -2.38. The maximum Gasteiger partial charge on any atom is 0.226 e. The Morgan fingerprint density at radius 1 is 1.26 bits per heavy atom. The van der Waals surface area contributed by atoms with Crippen LogP contribution in [0.3, 0.4) is 0 Å². The molecule has 2 aromatic rings. The van der Waals surface area contributed by atoms with Gasteiger partial charge in [-0.3, -0.25) is 4.79 Å². The minimum Gasteiger partial charge on any atom is -0.341 e. The largest absolute Gasteiger partial charge is 0.341 e. The molecule has 1 N–H and O–H groups in total. The molecule has 2 fully saturated rings. The van der Waals surface area contributed by atoms with Gasteiger partial charge in [-0.15, -0.1) is 11.3 Å². The minimum absolute atomic E-state index is 0.0471. The van der Waals surface area contributed by atoms with Crippen LogP contribution in [0.1, 0.15) is 23.6 Å². The molecular formula is C19H21FN2O3S2. The first kappa shape index (κ1) is 18.6. The summed E-state index contributed by atoms with van der Waals surface area (Å²) in [6.45, 7) is 1.01. The van der Waals surface area contributed by atoms with Crippen LogP contribution in [0, 0.1) is 11.7 Å². The van der Waals surface area contributed by atoms with Gasteiger partial charge in [0.25, 0.3) is 0 Å². The summed E-state index contributed by atoms with van der Waals surface area (Å²) in [5.41, 5.74) is 0.589. The number of likely N-dealkylation sites (tertiary alicyclic amines) is 1. The summed E-state index contributed by atoms with van der Waals surface area (Å²) in [7, 11) is -3.26. The highest BCUT2D eigenvalue weighted by atomic mass is 32.2. The summed E-state index contributed by atoms with van der Waals surface area (Å²) in [4.78, 5) is 16.5. The van der Waals surface area contributed by atoms with Crippen molar-refractivity contribution in [3.8, 4) is 10.4 Å². The van der Waals surface area contributed by atoms with E-state index in [0.717, 1.165) is 22.4 Å². The number of nitrogens with one attached hydrogen (secondary N) is 1. The number of benzene rings is 1. The lowest BCUT2D eigenvalue weighted by molar-refractivity contribution is -0.131. The van der Waals surface area contributed by atoms with Gasteiger partial charge in [0.15, 0.2) is 0 Å². The van der Waals surface area contributed by atoms with Crippen molar-refractivity contribution >= 4 is 27.3 Å². The Morgan fingerprint density at radius 3 is 2.78 bits per heavy atom. The van der Waals surface area contributed by atoms with E-state index in [1.807, 2.05) is 18.2 Å². The summed E-state index contributed by atoms with van der Waals surface area (Å²) < 4.78 is 39.2. The van der Waals surface area contributed by atoms with Gasteiger partial charge in [0.05, 0.1) is 6.26 Å². The van der Waals surface area contributed by atoms with E-state index in [0.29, 0.717) is 25.1 Å². The number of halogens is 1. The first-order valence-electron chi connectivity index (χ1n) is 8.92. The zero-order valence-corrected chi connectivity index (χ0v) is 16.5. The zero-order valence-electron chi connectivity index (χ0n) is 14.9. The molecule has 8 heteroatoms. The molecule has 1 aliphatic carbocycles. The van der Waals surface area contributed by atoms with Crippen molar-refractivity contribution in [2.75, 3.05) is 19.3 Å². The van der Waals surface area contributed by atoms with Crippen molar-refractivity contribution in [1.82, 2.24) is 9.62 Å². The molecule has 2 aliphatic rings. The molecule has 144 valence electrons. The Hall–Kier alpha value is -1.77. The normalized spacial score (nSPS) is 25.0. The molecule has 1 aromatic heterocycles. The van der Waals surface area contributed by atoms with Crippen molar-refractivity contribution in [2.24, 2.45) is 5.92 Å². The van der Waals surface area contributed by atoms with E-state index >= 15 is 0 Å². The third-order valence-corrected chi connectivity index (χ3v) is 7.13. The van der Waals surface area contributed by atoms with Crippen LogP contribution >= 0.6 is 11.3 Å². The summed E-state index contributed by atoms with van der Waals surface area (Å²) in [6.07, 6.45) is 2.59. The molecule has 1 saturated heterocycles. The van der Waals surface area contributed by atoms with Crippen LogP contribution in [-0.4, -0.2) is 44.6 Å². The molecule has 1 saturated carbocycles. The molecular weight excluding hydrogens is 387 g/mol. The van der Waals surface area contributed by atoms with E-state index < -0.39 is 10.0 Å². The summed E-state index contributed by atoms with van der Waals surface area (Å²) in [5, 5.41) is 0. The smallest absolute Gasteiger partial charge is 0.226 e. The van der Waals surface area contributed by atoms with Crippen LogP contribution in [-0.2, 0) is 14.8 Å². The molecule has 27 heavy (non-hydrogen) atoms. The fourth-order valence-electron chi connectivity index (χ4n) is 3.73. The van der Waals surface area contributed by atoms with Gasteiger partial charge in [0, 0.05) is 46.3 Å². The fourth-order valence-corrected chi connectivity index (χ4v) is 5.75. The summed E-state index contributed by atoms with van der Waals surface area (Å²) in [6, 6.07) is 10.4. The third-order valence-electron chi connectivity index (χ3n) is 5.12. The second-order valence-corrected chi connectivity index (χ2v) is 10.2. The van der Waals surface area contributed by atoms with Crippen molar-refractivity contribution in [3.05, 3.63) is 47.1 Å². The molecule has 3 atom stereocenters. The van der Waals surface area contributed by atoms with E-state index in [4.69, 9.17) is 0 Å². The van der Waals surface area contributed by atoms with Gasteiger partial charge in [-0.25, -0.2) is 17.5 Å². The quantitative estimate of drug-likeness (QED) is 0.827. The lowest BCUT2D eigenvalue weighted by Gasteiger charge is -2.16. The number of hydrogen-bond donors (Lipinski definition) is 1. The van der Waals surface area contributed by atoms with Crippen LogP contribution in [0.25, 0.3) is 10.4 Å². The highest BCUT2D eigenvalue weighted by molar-refractivity contribution is 7.88. The number of nitrogens with zero attached hydrogens (tertiary/aromatic N) is 1. The average molecular weight is 409 g/mol. The van der Waals surface area contributed by atoms with Gasteiger partial charge in [0.2, 0.25) is 15.9 Å². The Kier molecular flexibility index (Phi) is 4.82. The predicted molar refractivity (Wildman–Crippen MR) is 104 cm³/mol. The SMILES string of the molecule is CS(=O)(=O)N[C@@H]1CCN(C(=O)[C@@H]2C[C@H]2c2ccc(-c3ccccc3F)s2)C1. The topological polar surface area (TPSA) is 66.5 Å². The standard InChI is InChI=1S/C19H21FN2O3S2/c1-27(24,25)21-12-8-9-22(11-12)19(23)15-10-14(15)18-7-6-17(26-18)13-4-2-3-5-16(13)20/h2-7,12,14-15,21H,8-11H2,1H3/t12-,14-,15-/m1/s1. The number of carbonyl (C=O) groups is 1. The number of hydrogen-bond acceptors (Lipinski definition) is 4. The Morgan fingerprint density at radius 2 is 2.04 bits per heavy atom. The molecule has 1 aliphatic heterocycles. The predicted octanol–water partition coefficient (Wildman–Crippen LogP) is 2.81. The van der Waals surface area contributed by atoms with Gasteiger partial charge in [0.1, 0.15) is 5.82 Å². The molecule has 0 unspecified atom stereocenters. The maximum absolute atomic E-state index is 14.0. The average Bonchev–Trinajstić information content (AvgIpc) is 3.01. The Labute approximate surface area is 162 Å². The number of carbonyl (C=O) groups excluding carboxylic acids is 1. The molecule has 1 aromatic carbocycles. The lowest BCUT2D eigenvalue weighted by atomic mass is 10.2. The maximum atomic E-state index is 14.0. The third kappa shape index (κ3) is 4.07. The zero-order chi connectivity index (χ0) is 19.2. The highest BCUT2D eigenvalue weighted by Gasteiger charge is 2.47. The van der Waals surface area contributed by atoms with E-state index in [1.54, 1.807) is 28.4 Å². The molecule has 0 radical (unpaired) electrons. The van der Waals surface area contributed by atoms with Crippen molar-refractivity contribution < 1.29 is 17.6 Å². The molecule has 1 amide bonds. The number of sulfonamides is 1. The van der Waals surface area contributed by atoms with E-state index in [1.165, 1.54) is 6.07 Å². The van der Waals surface area contributed by atoms with E-state index in [-0.39, 0.29) is 29.6 Å². The molecule has 2 heterocycles. The molecule has 0 bridgehead atoms. The molecule has 5 nitrogen and oxygen atoms in total. The van der Waals surface area contributed by atoms with E-state index in [9.17, 15) is 17.6 Å². The highest BCUT2D eigenvalue weighted by Crippen LogP contribution is 2.51. The van der Waals surface area contributed by atoms with Gasteiger partial charge in [-0.2, -0.15) is 0 Å². The first-order valence-corrected chi connectivity index (χ1v) is 11.6. The van der Waals surface area contributed by atoms with Crippen molar-refractivity contribution in [1.29, 1.82) is 0 Å². The van der Waals surface area contributed by atoms with Crippen LogP contribution in [0.2, 0.25) is 0 Å². The number of thiophene rings is 1. The first-order chi connectivity index (χ1) is 12.8. The summed E-state index contributed by atoms with van der Waals surface area (Å²) >= 11 is 1.54. The fraction of sp³-hybridized carbons (Fsp3) is 0.421. The molecule has 4 rings (SSSR count). The Bertz CT molecular complexity index is 973. The van der Waals surface area contributed by atoms with Crippen LogP contribution in [0.4, 0.5) is 4.39 Å². The monoisotopic (exact) mass is 408 g/mol. The van der Waals surface area contributed by atoms with Gasteiger partial charge in [-0.1, -0.05) is 18.2 Å². The van der Waals surface area contributed by atoms with Gasteiger partial charge in [-0.05, 0) is 31.0 Å². The van der Waals surface area contributed by atoms with Crippen LogP contribution in [0.15, 0.2) is 36.4 Å². The van der Waals surface area contributed by atoms with Crippen LogP contribution in [0.5, 0.6) is 0 Å².